The highest BCUT2D eigenvalue weighted by molar-refractivity contribution is 6.30. The molecular weight excluding hydrogens is 219 g/mol. The second-order valence-corrected chi connectivity index (χ2v) is 4.99. The average Bonchev–Trinajstić information content (AvgIpc) is 2.14. The summed E-state index contributed by atoms with van der Waals surface area (Å²) in [5.74, 6) is 0.842. The Bertz CT molecular complexity index is 349. The molecule has 1 aliphatic rings. The van der Waals surface area contributed by atoms with Crippen molar-refractivity contribution in [2.45, 2.75) is 30.2 Å². The van der Waals surface area contributed by atoms with Crippen LogP contribution in [0.25, 0.3) is 0 Å². The summed E-state index contributed by atoms with van der Waals surface area (Å²) < 4.78 is 5.79. The van der Waals surface area contributed by atoms with Gasteiger partial charge in [-0.05, 0) is 19.9 Å². The largest absolute Gasteiger partial charge is 0.486 e. The molecule has 3 heteroatoms. The molecule has 2 rings (SSSR count). The lowest BCUT2D eigenvalue weighted by atomic mass is 9.93. The number of benzene rings is 1. The van der Waals surface area contributed by atoms with Crippen molar-refractivity contribution in [3.8, 4) is 5.75 Å². The Kier molecular flexibility index (Phi) is 2.40. The maximum atomic E-state index is 6.27. The third-order valence-corrected chi connectivity index (χ3v) is 3.90. The summed E-state index contributed by atoms with van der Waals surface area (Å²) in [6, 6.07) is 7.76. The lowest BCUT2D eigenvalue weighted by Crippen LogP contribution is -2.44. The number of rotatable bonds is 0. The molecule has 1 nitrogen and oxygen atoms in total. The first-order chi connectivity index (χ1) is 6.52. The van der Waals surface area contributed by atoms with Gasteiger partial charge in [0.2, 0.25) is 0 Å². The lowest BCUT2D eigenvalue weighted by Gasteiger charge is -2.39. The third kappa shape index (κ3) is 1.49. The van der Waals surface area contributed by atoms with Crippen LogP contribution in [0.3, 0.4) is 0 Å². The van der Waals surface area contributed by atoms with Crippen LogP contribution in [0.4, 0.5) is 0 Å². The van der Waals surface area contributed by atoms with Gasteiger partial charge in [0.05, 0.1) is 10.8 Å². The predicted molar refractivity (Wildman–Crippen MR) is 59.4 cm³/mol. The highest BCUT2D eigenvalue weighted by Crippen LogP contribution is 2.45. The van der Waals surface area contributed by atoms with Crippen molar-refractivity contribution < 1.29 is 4.74 Å². The van der Waals surface area contributed by atoms with Crippen molar-refractivity contribution in [2.24, 2.45) is 0 Å². The first-order valence-electron chi connectivity index (χ1n) is 4.58. The van der Waals surface area contributed by atoms with Crippen LogP contribution in [0.1, 0.15) is 24.8 Å². The first-order valence-corrected chi connectivity index (χ1v) is 5.46. The number of para-hydroxylation sites is 1. The zero-order valence-corrected chi connectivity index (χ0v) is 9.64. The second-order valence-electron chi connectivity index (χ2n) is 4.05. The molecular formula is C11H12Cl2O. The monoisotopic (exact) mass is 230 g/mol. The van der Waals surface area contributed by atoms with Crippen LogP contribution < -0.4 is 4.74 Å². The fourth-order valence-corrected chi connectivity index (χ4v) is 2.31. The summed E-state index contributed by atoms with van der Waals surface area (Å²) in [6.45, 7) is 3.91. The van der Waals surface area contributed by atoms with Gasteiger partial charge in [-0.2, -0.15) is 0 Å². The Morgan fingerprint density at radius 1 is 1.21 bits per heavy atom. The third-order valence-electron chi connectivity index (χ3n) is 2.51. The van der Waals surface area contributed by atoms with Crippen LogP contribution >= 0.6 is 23.2 Å². The van der Waals surface area contributed by atoms with E-state index in [1.54, 1.807) is 0 Å². The molecule has 14 heavy (non-hydrogen) atoms. The van der Waals surface area contributed by atoms with Gasteiger partial charge in [0.25, 0.3) is 0 Å². The van der Waals surface area contributed by atoms with Crippen molar-refractivity contribution in [2.75, 3.05) is 0 Å². The predicted octanol–water partition coefficient (Wildman–Crippen LogP) is 3.74. The van der Waals surface area contributed by atoms with Gasteiger partial charge in [0.15, 0.2) is 0 Å². The molecule has 0 radical (unpaired) electrons. The smallest absolute Gasteiger partial charge is 0.124 e. The molecule has 0 unspecified atom stereocenters. The minimum Gasteiger partial charge on any atom is -0.486 e. The Morgan fingerprint density at radius 3 is 2.57 bits per heavy atom. The van der Waals surface area contributed by atoms with Crippen LogP contribution in [0, 0.1) is 0 Å². The summed E-state index contributed by atoms with van der Waals surface area (Å²) >= 11 is 12.5. The Morgan fingerprint density at radius 2 is 1.86 bits per heavy atom. The molecule has 0 fully saturated rings. The van der Waals surface area contributed by atoms with E-state index in [9.17, 15) is 0 Å². The van der Waals surface area contributed by atoms with E-state index >= 15 is 0 Å². The van der Waals surface area contributed by atoms with Crippen molar-refractivity contribution in [3.05, 3.63) is 29.8 Å². The highest BCUT2D eigenvalue weighted by atomic mass is 35.5. The topological polar surface area (TPSA) is 9.23 Å². The number of fused-ring (bicyclic) bond motifs is 1. The zero-order chi connectivity index (χ0) is 10.3. The highest BCUT2D eigenvalue weighted by Gasteiger charge is 2.41. The molecule has 0 spiro atoms. The Hall–Kier alpha value is -0.400. The fraction of sp³-hybridized carbons (Fsp3) is 0.455. The van der Waals surface area contributed by atoms with Gasteiger partial charge in [0, 0.05) is 5.56 Å². The van der Waals surface area contributed by atoms with E-state index in [1.165, 1.54) is 0 Å². The van der Waals surface area contributed by atoms with E-state index < -0.39 is 5.60 Å². The standard InChI is InChI=1S/C11H12Cl2O/c1-11(2)10(13)9(12)7-5-3-4-6-8(7)14-11/h3-6,9-10H,1-2H3/t9-,10+/m0/s1. The second kappa shape index (κ2) is 3.32. The van der Waals surface area contributed by atoms with E-state index in [1.807, 2.05) is 38.1 Å². The van der Waals surface area contributed by atoms with Gasteiger partial charge in [-0.1, -0.05) is 18.2 Å². The summed E-state index contributed by atoms with van der Waals surface area (Å²) in [7, 11) is 0. The normalized spacial score (nSPS) is 29.1. The summed E-state index contributed by atoms with van der Waals surface area (Å²) in [4.78, 5) is 0. The molecule has 2 atom stereocenters. The van der Waals surface area contributed by atoms with E-state index in [0.29, 0.717) is 0 Å². The van der Waals surface area contributed by atoms with E-state index in [2.05, 4.69) is 0 Å². The van der Waals surface area contributed by atoms with E-state index in [4.69, 9.17) is 27.9 Å². The van der Waals surface area contributed by atoms with Crippen LogP contribution in [-0.4, -0.2) is 11.0 Å². The molecule has 0 saturated carbocycles. The summed E-state index contributed by atoms with van der Waals surface area (Å²) in [5, 5.41) is -0.393. The molecule has 0 amide bonds. The van der Waals surface area contributed by atoms with Crippen molar-refractivity contribution >= 4 is 23.2 Å². The summed E-state index contributed by atoms with van der Waals surface area (Å²) in [5.41, 5.74) is 0.566. The minimum atomic E-state index is -0.414. The molecule has 1 aromatic rings. The fourth-order valence-electron chi connectivity index (χ4n) is 1.65. The zero-order valence-electron chi connectivity index (χ0n) is 8.13. The van der Waals surface area contributed by atoms with Gasteiger partial charge in [-0.3, -0.25) is 0 Å². The Balaban J connectivity index is 2.48. The molecule has 1 aromatic carbocycles. The van der Waals surface area contributed by atoms with Gasteiger partial charge < -0.3 is 4.74 Å². The van der Waals surface area contributed by atoms with Gasteiger partial charge in [-0.15, -0.1) is 23.2 Å². The Labute approximate surface area is 94.0 Å². The molecule has 0 bridgehead atoms. The lowest BCUT2D eigenvalue weighted by molar-refractivity contribution is 0.0869. The first kappa shape index (κ1) is 10.1. The van der Waals surface area contributed by atoms with Gasteiger partial charge in [-0.25, -0.2) is 0 Å². The maximum Gasteiger partial charge on any atom is 0.124 e. The minimum absolute atomic E-state index is 0.184. The molecule has 76 valence electrons. The van der Waals surface area contributed by atoms with E-state index in [0.717, 1.165) is 11.3 Å². The molecule has 0 N–H and O–H groups in total. The quantitative estimate of drug-likeness (QED) is 0.618. The van der Waals surface area contributed by atoms with Crippen molar-refractivity contribution in [1.29, 1.82) is 0 Å². The number of hydrogen-bond acceptors (Lipinski definition) is 1. The number of alkyl halides is 2. The number of ether oxygens (including phenoxy) is 1. The van der Waals surface area contributed by atoms with Crippen LogP contribution in [0.5, 0.6) is 5.75 Å². The van der Waals surface area contributed by atoms with Crippen LogP contribution in [-0.2, 0) is 0 Å². The number of hydrogen-bond donors (Lipinski definition) is 0. The van der Waals surface area contributed by atoms with E-state index in [-0.39, 0.29) is 10.8 Å². The van der Waals surface area contributed by atoms with Crippen LogP contribution in [0.2, 0.25) is 0 Å². The molecule has 0 saturated heterocycles. The molecule has 1 aliphatic heterocycles. The van der Waals surface area contributed by atoms with Crippen molar-refractivity contribution in [1.82, 2.24) is 0 Å². The number of halogens is 2. The summed E-state index contributed by atoms with van der Waals surface area (Å²) in [6.07, 6.45) is 0. The average molecular weight is 231 g/mol. The van der Waals surface area contributed by atoms with Gasteiger partial charge in [0.1, 0.15) is 11.4 Å². The molecule has 0 aromatic heterocycles. The van der Waals surface area contributed by atoms with Crippen molar-refractivity contribution in [3.63, 3.8) is 0 Å². The SMILES string of the molecule is CC1(C)Oc2ccccc2[C@H](Cl)[C@H]1Cl. The van der Waals surface area contributed by atoms with Crippen LogP contribution in [0.15, 0.2) is 24.3 Å². The molecule has 0 aliphatic carbocycles. The van der Waals surface area contributed by atoms with Gasteiger partial charge >= 0.3 is 0 Å². The maximum absolute atomic E-state index is 6.27. The molecule has 1 heterocycles.